The number of rotatable bonds is 4. The average Bonchev–Trinajstić information content (AvgIpc) is 2.79. The number of nitrogens with zero attached hydrogens (tertiary/aromatic N) is 2. The van der Waals surface area contributed by atoms with Gasteiger partial charge in [-0.1, -0.05) is 17.7 Å². The molecule has 0 unspecified atom stereocenters. The lowest BCUT2D eigenvalue weighted by molar-refractivity contribution is 0.261. The van der Waals surface area contributed by atoms with Gasteiger partial charge in [0.05, 0.1) is 0 Å². The molecule has 0 bridgehead atoms. The average molecular weight is 422 g/mol. The van der Waals surface area contributed by atoms with Crippen LogP contribution in [0, 0.1) is 0 Å². The summed E-state index contributed by atoms with van der Waals surface area (Å²) >= 11 is 6.01. The van der Waals surface area contributed by atoms with E-state index in [1.54, 1.807) is 0 Å². The number of halogens is 1. The van der Waals surface area contributed by atoms with Crippen molar-refractivity contribution in [3.05, 3.63) is 74.5 Å². The number of hydrogen-bond donors (Lipinski definition) is 1. The highest BCUT2D eigenvalue weighted by Gasteiger charge is 2.18. The first-order valence-corrected chi connectivity index (χ1v) is 11.4. The van der Waals surface area contributed by atoms with Crippen LogP contribution in [-0.4, -0.2) is 42.6 Å². The second-order valence-corrected chi connectivity index (χ2v) is 8.99. The monoisotopic (exact) mass is 421 g/mol. The van der Waals surface area contributed by atoms with Crippen LogP contribution in [0.15, 0.2) is 47.3 Å². The van der Waals surface area contributed by atoms with Crippen molar-refractivity contribution < 1.29 is 0 Å². The Balaban J connectivity index is 1.24. The van der Waals surface area contributed by atoms with Gasteiger partial charge in [-0.3, -0.25) is 9.69 Å². The number of piperazine rings is 1. The van der Waals surface area contributed by atoms with Crippen molar-refractivity contribution in [2.24, 2.45) is 0 Å². The van der Waals surface area contributed by atoms with Crippen LogP contribution in [0.5, 0.6) is 0 Å². The summed E-state index contributed by atoms with van der Waals surface area (Å²) in [4.78, 5) is 20.5. The lowest BCUT2D eigenvalue weighted by atomic mass is 9.89. The van der Waals surface area contributed by atoms with E-state index in [9.17, 15) is 4.79 Å². The number of benzene rings is 2. The fourth-order valence-corrected chi connectivity index (χ4v) is 5.05. The van der Waals surface area contributed by atoms with E-state index in [2.05, 4.69) is 45.1 Å². The molecule has 1 aromatic heterocycles. The molecule has 30 heavy (non-hydrogen) atoms. The molecule has 0 atom stereocenters. The summed E-state index contributed by atoms with van der Waals surface area (Å²) in [6.45, 7) is 5.34. The number of aromatic nitrogens is 1. The smallest absolute Gasteiger partial charge is 0.251 e. The summed E-state index contributed by atoms with van der Waals surface area (Å²) in [6.07, 6.45) is 5.32. The van der Waals surface area contributed by atoms with Gasteiger partial charge in [0.1, 0.15) is 0 Å². The predicted molar refractivity (Wildman–Crippen MR) is 125 cm³/mol. The van der Waals surface area contributed by atoms with Crippen LogP contribution in [0.4, 0.5) is 5.69 Å². The first kappa shape index (κ1) is 19.7. The zero-order valence-corrected chi connectivity index (χ0v) is 18.0. The number of pyridine rings is 1. The number of aryl methyl sites for hydroxylation is 1. The van der Waals surface area contributed by atoms with Crippen molar-refractivity contribution in [3.8, 4) is 0 Å². The molecule has 0 saturated carbocycles. The second-order valence-electron chi connectivity index (χ2n) is 8.55. The molecule has 4 nitrogen and oxygen atoms in total. The Hall–Kier alpha value is -2.30. The molecule has 5 heteroatoms. The first-order valence-electron chi connectivity index (χ1n) is 11.1. The topological polar surface area (TPSA) is 39.3 Å². The number of anilines is 1. The van der Waals surface area contributed by atoms with E-state index in [4.69, 9.17) is 11.6 Å². The van der Waals surface area contributed by atoms with E-state index in [0.29, 0.717) is 0 Å². The summed E-state index contributed by atoms with van der Waals surface area (Å²) < 4.78 is 0. The molecular formula is C25H28ClN3O. The van der Waals surface area contributed by atoms with E-state index in [1.807, 2.05) is 12.1 Å². The first-order chi connectivity index (χ1) is 14.7. The van der Waals surface area contributed by atoms with Crippen LogP contribution in [0.3, 0.4) is 0 Å². The van der Waals surface area contributed by atoms with Crippen molar-refractivity contribution in [2.75, 3.05) is 37.6 Å². The van der Waals surface area contributed by atoms with Gasteiger partial charge in [0.15, 0.2) is 0 Å². The minimum atomic E-state index is 0.114. The molecule has 5 rings (SSSR count). The zero-order chi connectivity index (χ0) is 20.5. The summed E-state index contributed by atoms with van der Waals surface area (Å²) in [5, 5.41) is 2.05. The highest BCUT2D eigenvalue weighted by Crippen LogP contribution is 2.26. The summed E-state index contributed by atoms with van der Waals surface area (Å²) in [5.41, 5.74) is 6.03. The minimum Gasteiger partial charge on any atom is -0.369 e. The van der Waals surface area contributed by atoms with E-state index in [-0.39, 0.29) is 5.56 Å². The Morgan fingerprint density at radius 1 is 0.900 bits per heavy atom. The summed E-state index contributed by atoms with van der Waals surface area (Å²) in [7, 11) is 0. The molecule has 2 aliphatic rings. The van der Waals surface area contributed by atoms with Crippen LogP contribution in [-0.2, 0) is 19.3 Å². The quantitative estimate of drug-likeness (QED) is 0.677. The van der Waals surface area contributed by atoms with Gasteiger partial charge in [-0.05, 0) is 79.6 Å². The zero-order valence-electron chi connectivity index (χ0n) is 17.3. The lowest BCUT2D eigenvalue weighted by Crippen LogP contribution is -2.46. The number of aromatic amines is 1. The molecule has 2 aromatic carbocycles. The molecule has 1 fully saturated rings. The van der Waals surface area contributed by atoms with Crippen LogP contribution >= 0.6 is 11.6 Å². The molecule has 3 aromatic rings. The Morgan fingerprint density at radius 3 is 2.40 bits per heavy atom. The van der Waals surface area contributed by atoms with Crippen LogP contribution in [0.1, 0.15) is 29.5 Å². The van der Waals surface area contributed by atoms with Gasteiger partial charge in [0.2, 0.25) is 0 Å². The standard InChI is InChI=1S/C25H28ClN3O/c26-19-6-8-20(9-7-19)29-15-13-28(14-16-29)12-11-18-5-10-24-23(17-18)21-3-1-2-4-22(21)25(30)27-24/h5-10,17H,1-4,11-16H2,(H,27,30). The predicted octanol–water partition coefficient (Wildman–Crippen LogP) is 4.43. The third-order valence-corrected chi connectivity index (χ3v) is 6.93. The van der Waals surface area contributed by atoms with Gasteiger partial charge in [-0.15, -0.1) is 0 Å². The van der Waals surface area contributed by atoms with Crippen molar-refractivity contribution in [1.29, 1.82) is 0 Å². The molecule has 0 spiro atoms. The summed E-state index contributed by atoms with van der Waals surface area (Å²) in [5.74, 6) is 0. The van der Waals surface area contributed by atoms with Gasteiger partial charge >= 0.3 is 0 Å². The fraction of sp³-hybridized carbons (Fsp3) is 0.400. The van der Waals surface area contributed by atoms with E-state index in [1.165, 1.54) is 28.6 Å². The fourth-order valence-electron chi connectivity index (χ4n) is 4.93. The van der Waals surface area contributed by atoms with Gasteiger partial charge in [0, 0.05) is 59.9 Å². The SMILES string of the molecule is O=c1[nH]c2ccc(CCN3CCN(c4ccc(Cl)cc4)CC3)cc2c2c1CCCC2. The van der Waals surface area contributed by atoms with Crippen LogP contribution < -0.4 is 10.5 Å². The van der Waals surface area contributed by atoms with Crippen LogP contribution in [0.25, 0.3) is 10.9 Å². The van der Waals surface area contributed by atoms with Crippen LogP contribution in [0.2, 0.25) is 5.02 Å². The van der Waals surface area contributed by atoms with Gasteiger partial charge in [-0.25, -0.2) is 0 Å². The van der Waals surface area contributed by atoms with E-state index < -0.39 is 0 Å². The number of nitrogens with one attached hydrogen (secondary N) is 1. The molecule has 1 aliphatic heterocycles. The number of fused-ring (bicyclic) bond motifs is 3. The maximum Gasteiger partial charge on any atom is 0.251 e. The molecule has 2 heterocycles. The maximum absolute atomic E-state index is 12.4. The third-order valence-electron chi connectivity index (χ3n) is 6.68. The van der Waals surface area contributed by atoms with Crippen molar-refractivity contribution in [1.82, 2.24) is 9.88 Å². The Bertz CT molecular complexity index is 1100. The second kappa shape index (κ2) is 8.44. The van der Waals surface area contributed by atoms with Crippen molar-refractivity contribution in [3.63, 3.8) is 0 Å². The van der Waals surface area contributed by atoms with Crippen molar-refractivity contribution >= 4 is 28.2 Å². The Labute approximate surface area is 182 Å². The van der Waals surface area contributed by atoms with Crippen molar-refractivity contribution in [2.45, 2.75) is 32.1 Å². The normalized spacial score (nSPS) is 17.3. The van der Waals surface area contributed by atoms with E-state index >= 15 is 0 Å². The summed E-state index contributed by atoms with van der Waals surface area (Å²) in [6, 6.07) is 14.7. The Morgan fingerprint density at radius 2 is 1.63 bits per heavy atom. The maximum atomic E-state index is 12.4. The molecule has 1 N–H and O–H groups in total. The van der Waals surface area contributed by atoms with Gasteiger partial charge in [-0.2, -0.15) is 0 Å². The molecular weight excluding hydrogens is 394 g/mol. The minimum absolute atomic E-state index is 0.114. The lowest BCUT2D eigenvalue weighted by Gasteiger charge is -2.36. The largest absolute Gasteiger partial charge is 0.369 e. The molecule has 0 amide bonds. The number of H-pyrrole nitrogens is 1. The molecule has 1 aliphatic carbocycles. The van der Waals surface area contributed by atoms with Gasteiger partial charge in [0.25, 0.3) is 5.56 Å². The third kappa shape index (κ3) is 3.99. The Kier molecular flexibility index (Phi) is 5.53. The number of hydrogen-bond acceptors (Lipinski definition) is 3. The molecule has 156 valence electrons. The highest BCUT2D eigenvalue weighted by atomic mass is 35.5. The highest BCUT2D eigenvalue weighted by molar-refractivity contribution is 6.30. The molecule has 1 saturated heterocycles. The molecule has 0 radical (unpaired) electrons. The van der Waals surface area contributed by atoms with E-state index in [0.717, 1.165) is 74.5 Å². The van der Waals surface area contributed by atoms with Gasteiger partial charge < -0.3 is 9.88 Å².